The van der Waals surface area contributed by atoms with Gasteiger partial charge in [-0.25, -0.2) is 9.37 Å². The van der Waals surface area contributed by atoms with E-state index in [0.29, 0.717) is 11.4 Å². The summed E-state index contributed by atoms with van der Waals surface area (Å²) in [6.07, 6.45) is 0.957. The molecule has 28 heavy (non-hydrogen) atoms. The Morgan fingerprint density at radius 2 is 1.96 bits per heavy atom. The molecular weight excluding hydrogens is 379 g/mol. The molecule has 0 aliphatic carbocycles. The van der Waals surface area contributed by atoms with Crippen LogP contribution in [0.15, 0.2) is 53.9 Å². The van der Waals surface area contributed by atoms with E-state index in [4.69, 9.17) is 4.74 Å². The molecule has 0 radical (unpaired) electrons. The molecule has 0 spiro atoms. The molecule has 7 heteroatoms. The van der Waals surface area contributed by atoms with E-state index in [0.717, 1.165) is 17.0 Å². The molecule has 0 aliphatic heterocycles. The van der Waals surface area contributed by atoms with Crippen LogP contribution in [0.2, 0.25) is 0 Å². The summed E-state index contributed by atoms with van der Waals surface area (Å²) < 4.78 is 18.1. The van der Waals surface area contributed by atoms with E-state index in [1.54, 1.807) is 11.4 Å². The van der Waals surface area contributed by atoms with Crippen molar-refractivity contribution < 1.29 is 18.7 Å². The first kappa shape index (κ1) is 19.7. The Kier molecular flexibility index (Phi) is 6.49. The highest BCUT2D eigenvalue weighted by Gasteiger charge is 2.12. The first-order chi connectivity index (χ1) is 13.5. The molecule has 1 amide bonds. The smallest absolute Gasteiger partial charge is 0.312 e. The number of thiazole rings is 1. The quantitative estimate of drug-likeness (QED) is 0.605. The second-order valence-corrected chi connectivity index (χ2v) is 6.95. The maximum Gasteiger partial charge on any atom is 0.312 e. The number of hydrogen-bond acceptors (Lipinski definition) is 5. The van der Waals surface area contributed by atoms with Crippen LogP contribution in [0.1, 0.15) is 18.2 Å². The second-order valence-electron chi connectivity index (χ2n) is 6.09. The third-order valence-electron chi connectivity index (χ3n) is 3.96. The Bertz CT molecular complexity index is 970. The fourth-order valence-corrected chi connectivity index (χ4v) is 3.34. The summed E-state index contributed by atoms with van der Waals surface area (Å²) in [5.41, 5.74) is 3.14. The number of halogens is 1. The van der Waals surface area contributed by atoms with Crippen LogP contribution in [0.4, 0.5) is 10.1 Å². The summed E-state index contributed by atoms with van der Waals surface area (Å²) in [5, 5.41) is 5.10. The molecule has 0 saturated carbocycles. The number of ether oxygens (including phenoxy) is 1. The zero-order valence-electron chi connectivity index (χ0n) is 15.3. The average Bonchev–Trinajstić information content (AvgIpc) is 3.15. The van der Waals surface area contributed by atoms with Crippen molar-refractivity contribution in [2.45, 2.75) is 19.8 Å². The van der Waals surface area contributed by atoms with Crippen LogP contribution in [-0.2, 0) is 27.2 Å². The first-order valence-electron chi connectivity index (χ1n) is 8.78. The summed E-state index contributed by atoms with van der Waals surface area (Å²) in [4.78, 5) is 28.2. The van der Waals surface area contributed by atoms with Gasteiger partial charge < -0.3 is 10.1 Å². The molecule has 1 heterocycles. The third kappa shape index (κ3) is 5.47. The molecule has 0 atom stereocenters. The zero-order chi connectivity index (χ0) is 19.9. The Balaban J connectivity index is 1.49. The lowest BCUT2D eigenvalue weighted by Gasteiger charge is -2.06. The van der Waals surface area contributed by atoms with E-state index >= 15 is 0 Å². The lowest BCUT2D eigenvalue weighted by molar-refractivity contribution is -0.146. The Morgan fingerprint density at radius 3 is 2.68 bits per heavy atom. The van der Waals surface area contributed by atoms with Crippen LogP contribution < -0.4 is 5.32 Å². The summed E-state index contributed by atoms with van der Waals surface area (Å²) >= 11 is 1.45. The third-order valence-corrected chi connectivity index (χ3v) is 4.90. The van der Waals surface area contributed by atoms with Crippen LogP contribution >= 0.6 is 11.3 Å². The van der Waals surface area contributed by atoms with Crippen LogP contribution in [-0.4, -0.2) is 23.5 Å². The normalized spacial score (nSPS) is 10.5. The Hall–Kier alpha value is -3.06. The number of amides is 1. The van der Waals surface area contributed by atoms with E-state index < -0.39 is 24.3 Å². The van der Waals surface area contributed by atoms with E-state index in [1.165, 1.54) is 35.1 Å². The van der Waals surface area contributed by atoms with Crippen molar-refractivity contribution in [1.82, 2.24) is 4.98 Å². The van der Waals surface area contributed by atoms with Gasteiger partial charge in [-0.15, -0.1) is 11.3 Å². The fraction of sp³-hybridized carbons (Fsp3) is 0.190. The molecule has 3 rings (SSSR count). The average molecular weight is 398 g/mol. The molecule has 5 nitrogen and oxygen atoms in total. The highest BCUT2D eigenvalue weighted by atomic mass is 32.1. The van der Waals surface area contributed by atoms with Crippen LogP contribution in [0, 0.1) is 5.82 Å². The van der Waals surface area contributed by atoms with Crippen molar-refractivity contribution in [2.24, 2.45) is 0 Å². The number of carbonyl (C=O) groups excluding carboxylic acids is 2. The summed E-state index contributed by atoms with van der Waals surface area (Å²) in [7, 11) is 0. The van der Waals surface area contributed by atoms with Crippen molar-refractivity contribution in [2.75, 3.05) is 11.9 Å². The number of benzene rings is 2. The maximum atomic E-state index is 13.1. The van der Waals surface area contributed by atoms with Crippen molar-refractivity contribution in [1.29, 1.82) is 0 Å². The summed E-state index contributed by atoms with van der Waals surface area (Å²) in [5.74, 6) is -1.54. The van der Waals surface area contributed by atoms with Crippen molar-refractivity contribution in [3.8, 4) is 10.6 Å². The molecule has 144 valence electrons. The molecule has 0 aliphatic rings. The van der Waals surface area contributed by atoms with Gasteiger partial charge in [0.15, 0.2) is 6.61 Å². The molecule has 0 fully saturated rings. The van der Waals surface area contributed by atoms with Crippen molar-refractivity contribution in [3.63, 3.8) is 0 Å². The number of esters is 1. The minimum absolute atomic E-state index is 0.0171. The van der Waals surface area contributed by atoms with Gasteiger partial charge in [-0.3, -0.25) is 9.59 Å². The lowest BCUT2D eigenvalue weighted by atomic mass is 10.1. The van der Waals surface area contributed by atoms with E-state index in [1.807, 2.05) is 12.1 Å². The van der Waals surface area contributed by atoms with Gasteiger partial charge in [0.05, 0.1) is 12.1 Å². The maximum absolute atomic E-state index is 13.1. The minimum Gasteiger partial charge on any atom is -0.455 e. The number of hydrogen-bond donors (Lipinski definition) is 1. The van der Waals surface area contributed by atoms with E-state index in [2.05, 4.69) is 29.4 Å². The van der Waals surface area contributed by atoms with Gasteiger partial charge in [0.1, 0.15) is 10.8 Å². The lowest BCUT2D eigenvalue weighted by Crippen LogP contribution is -2.21. The van der Waals surface area contributed by atoms with Gasteiger partial charge in [-0.2, -0.15) is 0 Å². The number of nitrogens with one attached hydrogen (secondary N) is 1. The summed E-state index contributed by atoms with van der Waals surface area (Å²) in [6.45, 7) is 1.66. The molecule has 2 aromatic carbocycles. The second kappa shape index (κ2) is 9.23. The van der Waals surface area contributed by atoms with Crippen LogP contribution in [0.3, 0.4) is 0 Å². The van der Waals surface area contributed by atoms with E-state index in [-0.39, 0.29) is 6.42 Å². The summed E-state index contributed by atoms with van der Waals surface area (Å²) in [6, 6.07) is 13.6. The number of rotatable bonds is 7. The SMILES string of the molecule is CCc1ccc(-c2nc(CC(=O)OCC(=O)Nc3cccc(F)c3)cs2)cc1. The van der Waals surface area contributed by atoms with Gasteiger partial charge in [0.25, 0.3) is 5.91 Å². The topological polar surface area (TPSA) is 68.3 Å². The van der Waals surface area contributed by atoms with Gasteiger partial charge in [-0.1, -0.05) is 37.3 Å². The van der Waals surface area contributed by atoms with Gasteiger partial charge >= 0.3 is 5.97 Å². The minimum atomic E-state index is -0.549. The molecule has 3 aromatic rings. The number of carbonyl (C=O) groups is 2. The number of nitrogens with zero attached hydrogens (tertiary/aromatic N) is 1. The van der Waals surface area contributed by atoms with Gasteiger partial charge in [0.2, 0.25) is 0 Å². The predicted octanol–water partition coefficient (Wildman–Crippen LogP) is 4.24. The van der Waals surface area contributed by atoms with Crippen LogP contribution in [0.25, 0.3) is 10.6 Å². The fourth-order valence-electron chi connectivity index (χ4n) is 2.51. The highest BCUT2D eigenvalue weighted by molar-refractivity contribution is 7.13. The molecule has 1 N–H and O–H groups in total. The van der Waals surface area contributed by atoms with Crippen molar-refractivity contribution in [3.05, 3.63) is 71.0 Å². The molecule has 0 saturated heterocycles. The van der Waals surface area contributed by atoms with Gasteiger partial charge in [0, 0.05) is 16.6 Å². The molecule has 0 unspecified atom stereocenters. The first-order valence-corrected chi connectivity index (χ1v) is 9.66. The number of aryl methyl sites for hydroxylation is 1. The largest absolute Gasteiger partial charge is 0.455 e. The van der Waals surface area contributed by atoms with Crippen LogP contribution in [0.5, 0.6) is 0 Å². The molecule has 0 bridgehead atoms. The van der Waals surface area contributed by atoms with Crippen molar-refractivity contribution >= 4 is 28.9 Å². The van der Waals surface area contributed by atoms with Gasteiger partial charge in [-0.05, 0) is 30.2 Å². The number of aromatic nitrogens is 1. The predicted molar refractivity (Wildman–Crippen MR) is 107 cm³/mol. The van der Waals surface area contributed by atoms with E-state index in [9.17, 15) is 14.0 Å². The Morgan fingerprint density at radius 1 is 1.18 bits per heavy atom. The highest BCUT2D eigenvalue weighted by Crippen LogP contribution is 2.24. The molecular formula is C21H19FN2O3S. The molecule has 1 aromatic heterocycles. The monoisotopic (exact) mass is 398 g/mol. The Labute approximate surface area is 166 Å². The zero-order valence-corrected chi connectivity index (χ0v) is 16.1. The number of anilines is 1. The standard InChI is InChI=1S/C21H19FN2O3S/c1-2-14-6-8-15(9-7-14)21-24-18(13-28-21)11-20(26)27-12-19(25)23-17-5-3-4-16(22)10-17/h3-10,13H,2,11-12H2,1H3,(H,23,25).